The maximum absolute atomic E-state index is 14.4. The number of fused-ring (bicyclic) bond motifs is 1. The third-order valence-corrected chi connectivity index (χ3v) is 10.8. The highest BCUT2D eigenvalue weighted by atomic mass is 35.5. The van der Waals surface area contributed by atoms with E-state index in [0.717, 1.165) is 45.4 Å². The number of hydrogen-bond donors (Lipinski definition) is 1. The monoisotopic (exact) mass is 647 g/mol. The first kappa shape index (κ1) is 29.1. The smallest absolute Gasteiger partial charge is 0.271 e. The van der Waals surface area contributed by atoms with Gasteiger partial charge in [-0.2, -0.15) is 0 Å². The van der Waals surface area contributed by atoms with Gasteiger partial charge < -0.3 is 14.5 Å². The number of rotatable bonds is 6. The van der Waals surface area contributed by atoms with Gasteiger partial charge in [-0.1, -0.05) is 71.7 Å². The maximum Gasteiger partial charge on any atom is 0.271 e. The zero-order valence-electron chi connectivity index (χ0n) is 23.9. The van der Waals surface area contributed by atoms with E-state index >= 15 is 0 Å². The number of imidazole rings is 1. The molecule has 4 heterocycles. The highest BCUT2D eigenvalue weighted by molar-refractivity contribution is 7.91. The van der Waals surface area contributed by atoms with Gasteiger partial charge >= 0.3 is 0 Å². The number of sulfone groups is 1. The minimum atomic E-state index is -2.98. The van der Waals surface area contributed by atoms with Crippen molar-refractivity contribution in [3.05, 3.63) is 100 Å². The Kier molecular flexibility index (Phi) is 7.74. The van der Waals surface area contributed by atoms with Gasteiger partial charge in [-0.05, 0) is 36.2 Å². The fourth-order valence-corrected chi connectivity index (χ4v) is 7.94. The second kappa shape index (κ2) is 11.7. The summed E-state index contributed by atoms with van der Waals surface area (Å²) in [6.45, 7) is 2.69. The van der Waals surface area contributed by atoms with E-state index in [-0.39, 0.29) is 23.5 Å². The van der Waals surface area contributed by atoms with Crippen molar-refractivity contribution in [3.63, 3.8) is 0 Å². The van der Waals surface area contributed by atoms with Gasteiger partial charge in [0.25, 0.3) is 5.91 Å². The molecule has 2 aliphatic rings. The van der Waals surface area contributed by atoms with Gasteiger partial charge in [-0.15, -0.1) is 0 Å². The number of carbonyl (C=O) groups is 1. The van der Waals surface area contributed by atoms with E-state index in [1.54, 1.807) is 0 Å². The van der Waals surface area contributed by atoms with Crippen molar-refractivity contribution in [1.29, 1.82) is 0 Å². The minimum Gasteiger partial charge on any atom is -0.350 e. The van der Waals surface area contributed by atoms with E-state index in [1.165, 1.54) is 0 Å². The number of carbonyl (C=O) groups excluding carboxylic acids is 1. The van der Waals surface area contributed by atoms with E-state index in [1.807, 2.05) is 84.0 Å². The van der Waals surface area contributed by atoms with Crippen molar-refractivity contribution in [3.8, 4) is 22.5 Å². The SMILES string of the molecule is O=C(c1[nH]c2cc(Cl)ccc2c1-c1c(-c2ccccc2)ncn1Cc1ccc(Cl)cc1)N1CCC(N2CCS(=O)(=O)CC2)C1. The molecule has 2 fully saturated rings. The minimum absolute atomic E-state index is 0.0993. The number of nitrogens with one attached hydrogen (secondary N) is 1. The number of aromatic nitrogens is 3. The van der Waals surface area contributed by atoms with Crippen molar-refractivity contribution in [2.75, 3.05) is 37.7 Å². The van der Waals surface area contributed by atoms with Gasteiger partial charge in [0.2, 0.25) is 0 Å². The number of halogens is 2. The number of H-pyrrole nitrogens is 1. The first-order chi connectivity index (χ1) is 21.3. The van der Waals surface area contributed by atoms with Crippen LogP contribution < -0.4 is 0 Å². The number of nitrogens with zero attached hydrogens (tertiary/aromatic N) is 4. The third kappa shape index (κ3) is 5.65. The van der Waals surface area contributed by atoms with Crippen LogP contribution in [0.2, 0.25) is 10.0 Å². The van der Waals surface area contributed by atoms with Crippen LogP contribution in [0.4, 0.5) is 0 Å². The number of aromatic amines is 1. The third-order valence-electron chi connectivity index (χ3n) is 8.71. The molecule has 2 saturated heterocycles. The number of likely N-dealkylation sites (tertiary alicyclic amines) is 1. The van der Waals surface area contributed by atoms with Crippen LogP contribution in [0.25, 0.3) is 33.4 Å². The molecule has 1 amide bonds. The number of hydrogen-bond acceptors (Lipinski definition) is 5. The maximum atomic E-state index is 14.4. The van der Waals surface area contributed by atoms with Gasteiger partial charge in [0.05, 0.1) is 29.2 Å². The standard InChI is InChI=1S/C33H31Cl2N5O3S/c34-24-8-6-22(7-9-24)19-40-21-36-30(23-4-2-1-3-5-23)32(40)29-27-11-10-25(35)18-28(27)37-31(29)33(41)39-13-12-26(20-39)38-14-16-44(42,43)17-15-38/h1-11,18,21,26,37H,12-17,19-20H2. The summed E-state index contributed by atoms with van der Waals surface area (Å²) in [5.41, 5.74) is 5.64. The van der Waals surface area contributed by atoms with Crippen LogP contribution in [0.3, 0.4) is 0 Å². The summed E-state index contributed by atoms with van der Waals surface area (Å²) < 4.78 is 26.1. The van der Waals surface area contributed by atoms with Gasteiger partial charge in [0, 0.05) is 70.8 Å². The molecular weight excluding hydrogens is 617 g/mol. The fourth-order valence-electron chi connectivity index (χ4n) is 6.41. The average Bonchev–Trinajstić information content (AvgIpc) is 3.75. The Bertz CT molecular complexity index is 1940. The Morgan fingerprint density at radius 2 is 1.66 bits per heavy atom. The van der Waals surface area contributed by atoms with Crippen LogP contribution in [0.1, 0.15) is 22.5 Å². The van der Waals surface area contributed by atoms with Crippen molar-refractivity contribution in [2.45, 2.75) is 19.0 Å². The van der Waals surface area contributed by atoms with E-state index in [9.17, 15) is 13.2 Å². The van der Waals surface area contributed by atoms with E-state index in [0.29, 0.717) is 48.5 Å². The van der Waals surface area contributed by atoms with Crippen LogP contribution in [0, 0.1) is 0 Å². The first-order valence-corrected chi connectivity index (χ1v) is 17.2. The van der Waals surface area contributed by atoms with Gasteiger partial charge in [0.15, 0.2) is 9.84 Å². The quantitative estimate of drug-likeness (QED) is 0.244. The average molecular weight is 649 g/mol. The lowest BCUT2D eigenvalue weighted by Gasteiger charge is -2.31. The lowest BCUT2D eigenvalue weighted by molar-refractivity contribution is 0.0773. The summed E-state index contributed by atoms with van der Waals surface area (Å²) in [5, 5.41) is 2.12. The highest BCUT2D eigenvalue weighted by Crippen LogP contribution is 2.40. The molecule has 2 aliphatic heterocycles. The normalized spacial score (nSPS) is 18.7. The summed E-state index contributed by atoms with van der Waals surface area (Å²) >= 11 is 12.6. The molecule has 5 aromatic rings. The second-order valence-electron chi connectivity index (χ2n) is 11.5. The zero-order valence-corrected chi connectivity index (χ0v) is 26.2. The molecule has 11 heteroatoms. The molecule has 1 unspecified atom stereocenters. The number of amides is 1. The summed E-state index contributed by atoms with van der Waals surface area (Å²) in [4.78, 5) is 26.8. The van der Waals surface area contributed by atoms with Crippen molar-refractivity contribution < 1.29 is 13.2 Å². The molecule has 7 rings (SSSR count). The molecular formula is C33H31Cl2N5O3S. The Labute approximate surface area is 266 Å². The molecule has 1 N–H and O–H groups in total. The van der Waals surface area contributed by atoms with E-state index in [2.05, 4.69) is 14.5 Å². The fraction of sp³-hybridized carbons (Fsp3) is 0.273. The molecule has 1 atom stereocenters. The lowest BCUT2D eigenvalue weighted by Crippen LogP contribution is -2.47. The molecule has 2 aromatic heterocycles. The predicted molar refractivity (Wildman–Crippen MR) is 175 cm³/mol. The molecule has 0 spiro atoms. The Balaban J connectivity index is 1.32. The number of benzene rings is 3. The largest absolute Gasteiger partial charge is 0.350 e. The highest BCUT2D eigenvalue weighted by Gasteiger charge is 2.36. The first-order valence-electron chi connectivity index (χ1n) is 14.7. The Hall–Kier alpha value is -3.63. The predicted octanol–water partition coefficient (Wildman–Crippen LogP) is 6.00. The van der Waals surface area contributed by atoms with E-state index < -0.39 is 9.84 Å². The zero-order chi connectivity index (χ0) is 30.4. The van der Waals surface area contributed by atoms with Gasteiger partial charge in [-0.25, -0.2) is 13.4 Å². The summed E-state index contributed by atoms with van der Waals surface area (Å²) in [7, 11) is -2.98. The van der Waals surface area contributed by atoms with Crippen molar-refractivity contribution >= 4 is 49.8 Å². The van der Waals surface area contributed by atoms with E-state index in [4.69, 9.17) is 28.2 Å². The topological polar surface area (TPSA) is 91.3 Å². The molecule has 3 aromatic carbocycles. The molecule has 44 heavy (non-hydrogen) atoms. The molecule has 0 aliphatic carbocycles. The summed E-state index contributed by atoms with van der Waals surface area (Å²) in [6, 6.07) is 23.5. The molecule has 226 valence electrons. The van der Waals surface area contributed by atoms with Gasteiger partial charge in [-0.3, -0.25) is 9.69 Å². The molecule has 8 nitrogen and oxygen atoms in total. The van der Waals surface area contributed by atoms with Crippen LogP contribution in [-0.4, -0.2) is 82.4 Å². The molecule has 0 bridgehead atoms. The van der Waals surface area contributed by atoms with Crippen LogP contribution in [-0.2, 0) is 16.4 Å². The Morgan fingerprint density at radius 1 is 0.932 bits per heavy atom. The molecule has 0 radical (unpaired) electrons. The molecule has 0 saturated carbocycles. The van der Waals surface area contributed by atoms with Crippen LogP contribution in [0.5, 0.6) is 0 Å². The van der Waals surface area contributed by atoms with Gasteiger partial charge in [0.1, 0.15) is 5.69 Å². The summed E-state index contributed by atoms with van der Waals surface area (Å²) in [6.07, 6.45) is 2.63. The Morgan fingerprint density at radius 3 is 2.41 bits per heavy atom. The van der Waals surface area contributed by atoms with Crippen molar-refractivity contribution in [2.24, 2.45) is 0 Å². The lowest BCUT2D eigenvalue weighted by atomic mass is 10.0. The summed E-state index contributed by atoms with van der Waals surface area (Å²) in [5.74, 6) is 0.242. The van der Waals surface area contributed by atoms with Crippen LogP contribution in [0.15, 0.2) is 79.1 Å². The van der Waals surface area contributed by atoms with Crippen molar-refractivity contribution in [1.82, 2.24) is 24.3 Å². The van der Waals surface area contributed by atoms with Crippen LogP contribution >= 0.6 is 23.2 Å². The second-order valence-corrected chi connectivity index (χ2v) is 14.7.